The zero-order valence-electron chi connectivity index (χ0n) is 13.8. The lowest BCUT2D eigenvalue weighted by Gasteiger charge is -2.08. The van der Waals surface area contributed by atoms with Crippen molar-refractivity contribution in [2.45, 2.75) is 26.7 Å². The molecule has 0 spiro atoms. The van der Waals surface area contributed by atoms with Gasteiger partial charge in [0.15, 0.2) is 0 Å². The van der Waals surface area contributed by atoms with Crippen molar-refractivity contribution in [2.24, 2.45) is 0 Å². The summed E-state index contributed by atoms with van der Waals surface area (Å²) in [5, 5.41) is 3.00. The van der Waals surface area contributed by atoms with Crippen LogP contribution in [0.15, 0.2) is 42.6 Å². The van der Waals surface area contributed by atoms with Crippen LogP contribution < -0.4 is 5.32 Å². The van der Waals surface area contributed by atoms with Gasteiger partial charge in [-0.15, -0.1) is 11.6 Å². The highest BCUT2D eigenvalue weighted by Gasteiger charge is 2.16. The number of rotatable bonds is 5. The molecular formula is C19H20ClN3O. The Balaban J connectivity index is 2.07. The molecule has 0 aliphatic heterocycles. The number of alkyl halides is 1. The van der Waals surface area contributed by atoms with Crippen LogP contribution in [0.5, 0.6) is 0 Å². The molecule has 0 aliphatic rings. The number of imidazole rings is 1. The van der Waals surface area contributed by atoms with Crippen LogP contribution in [0.25, 0.3) is 16.9 Å². The Kier molecular flexibility index (Phi) is 4.86. The molecule has 2 heterocycles. The molecule has 24 heavy (non-hydrogen) atoms. The van der Waals surface area contributed by atoms with Gasteiger partial charge in [-0.2, -0.15) is 0 Å². The number of carbonyl (C=O) groups is 1. The Bertz CT molecular complexity index is 868. The fourth-order valence-electron chi connectivity index (χ4n) is 2.60. The van der Waals surface area contributed by atoms with Gasteiger partial charge in [0, 0.05) is 24.1 Å². The van der Waals surface area contributed by atoms with Crippen LogP contribution in [-0.4, -0.2) is 21.2 Å². The van der Waals surface area contributed by atoms with Gasteiger partial charge >= 0.3 is 0 Å². The van der Waals surface area contributed by atoms with Crippen molar-refractivity contribution in [2.75, 3.05) is 11.2 Å². The van der Waals surface area contributed by atoms with Crippen LogP contribution in [0.3, 0.4) is 0 Å². The first-order valence-electron chi connectivity index (χ1n) is 8.00. The minimum Gasteiger partial charge on any atom is -0.310 e. The summed E-state index contributed by atoms with van der Waals surface area (Å²) in [6, 6.07) is 12.2. The molecule has 3 rings (SSSR count). The van der Waals surface area contributed by atoms with Crippen molar-refractivity contribution < 1.29 is 4.79 Å². The van der Waals surface area contributed by atoms with Gasteiger partial charge in [0.2, 0.25) is 5.91 Å². The van der Waals surface area contributed by atoms with Crippen molar-refractivity contribution in [3.05, 3.63) is 53.7 Å². The predicted molar refractivity (Wildman–Crippen MR) is 98.7 cm³/mol. The van der Waals surface area contributed by atoms with Gasteiger partial charge in [-0.05, 0) is 38.0 Å². The molecule has 124 valence electrons. The summed E-state index contributed by atoms with van der Waals surface area (Å²) in [4.78, 5) is 16.9. The fraction of sp³-hybridized carbons (Fsp3) is 0.263. The van der Waals surface area contributed by atoms with Crippen molar-refractivity contribution in [1.82, 2.24) is 9.38 Å². The van der Waals surface area contributed by atoms with Crippen LogP contribution in [0, 0.1) is 13.8 Å². The molecule has 1 aromatic carbocycles. The van der Waals surface area contributed by atoms with Gasteiger partial charge in [0.05, 0.1) is 0 Å². The van der Waals surface area contributed by atoms with E-state index in [1.54, 1.807) is 0 Å². The Hall–Kier alpha value is -2.33. The minimum absolute atomic E-state index is 0.0496. The number of halogens is 1. The van der Waals surface area contributed by atoms with Crippen LogP contribution in [0.2, 0.25) is 0 Å². The molecule has 1 N–H and O–H groups in total. The monoisotopic (exact) mass is 341 g/mol. The predicted octanol–water partition coefficient (Wildman–Crippen LogP) is 4.58. The second-order valence-electron chi connectivity index (χ2n) is 5.95. The molecule has 0 unspecified atom stereocenters. The van der Waals surface area contributed by atoms with Crippen LogP contribution in [0.4, 0.5) is 5.82 Å². The zero-order chi connectivity index (χ0) is 17.1. The van der Waals surface area contributed by atoms with E-state index in [2.05, 4.69) is 5.32 Å². The van der Waals surface area contributed by atoms with Gasteiger partial charge in [-0.1, -0.05) is 29.8 Å². The molecule has 1 amide bonds. The summed E-state index contributed by atoms with van der Waals surface area (Å²) in [7, 11) is 0. The number of benzene rings is 1. The topological polar surface area (TPSA) is 46.4 Å². The first kappa shape index (κ1) is 16.5. The maximum atomic E-state index is 12.2. The number of pyridine rings is 1. The molecule has 0 atom stereocenters. The van der Waals surface area contributed by atoms with E-state index < -0.39 is 0 Å². The largest absolute Gasteiger partial charge is 0.310 e. The SMILES string of the molecule is Cc1ccc(-c2nc3cc(C)ccn3c2NC(=O)CCCCl)cc1. The molecule has 0 fully saturated rings. The molecule has 4 nitrogen and oxygen atoms in total. The lowest BCUT2D eigenvalue weighted by molar-refractivity contribution is -0.116. The quantitative estimate of drug-likeness (QED) is 0.691. The number of nitrogens with one attached hydrogen (secondary N) is 1. The first-order chi connectivity index (χ1) is 11.6. The lowest BCUT2D eigenvalue weighted by Crippen LogP contribution is -2.13. The molecule has 0 saturated carbocycles. The first-order valence-corrected chi connectivity index (χ1v) is 8.53. The summed E-state index contributed by atoms with van der Waals surface area (Å²) in [6.07, 6.45) is 2.99. The van der Waals surface area contributed by atoms with Crippen molar-refractivity contribution in [1.29, 1.82) is 0 Å². The van der Waals surface area contributed by atoms with Crippen molar-refractivity contribution in [3.8, 4) is 11.3 Å². The zero-order valence-corrected chi connectivity index (χ0v) is 14.6. The number of aromatic nitrogens is 2. The van der Waals surface area contributed by atoms with Crippen LogP contribution in [-0.2, 0) is 4.79 Å². The molecule has 5 heteroatoms. The number of anilines is 1. The highest BCUT2D eigenvalue weighted by Crippen LogP contribution is 2.29. The van der Waals surface area contributed by atoms with E-state index in [-0.39, 0.29) is 5.91 Å². The molecular weight excluding hydrogens is 322 g/mol. The van der Waals surface area contributed by atoms with Crippen molar-refractivity contribution >= 4 is 29.0 Å². The average molecular weight is 342 g/mol. The average Bonchev–Trinajstić information content (AvgIpc) is 2.91. The van der Waals surface area contributed by atoms with Crippen molar-refractivity contribution in [3.63, 3.8) is 0 Å². The number of carbonyl (C=O) groups excluding carboxylic acids is 1. The molecule has 3 aromatic rings. The second kappa shape index (κ2) is 7.05. The summed E-state index contributed by atoms with van der Waals surface area (Å²) in [6.45, 7) is 4.07. The number of aryl methyl sites for hydroxylation is 2. The fourth-order valence-corrected chi connectivity index (χ4v) is 2.73. The molecule has 0 aliphatic carbocycles. The Morgan fingerprint density at radius 2 is 1.92 bits per heavy atom. The third-order valence-corrected chi connectivity index (χ3v) is 4.17. The standard InChI is InChI=1S/C19H20ClN3O/c1-13-5-7-15(8-6-13)18-19(22-17(24)4-3-10-20)23-11-9-14(2)12-16(23)21-18/h5-9,11-12H,3-4,10H2,1-2H3,(H,22,24). The number of hydrogen-bond donors (Lipinski definition) is 1. The summed E-state index contributed by atoms with van der Waals surface area (Å²) >= 11 is 5.68. The van der Waals surface area contributed by atoms with Gasteiger partial charge in [-0.25, -0.2) is 4.98 Å². The third-order valence-electron chi connectivity index (χ3n) is 3.90. The second-order valence-corrected chi connectivity index (χ2v) is 6.33. The van der Waals surface area contributed by atoms with E-state index in [1.807, 2.05) is 60.8 Å². The maximum absolute atomic E-state index is 12.2. The van der Waals surface area contributed by atoms with Gasteiger partial charge in [0.1, 0.15) is 17.2 Å². The Labute approximate surface area is 146 Å². The minimum atomic E-state index is -0.0496. The van der Waals surface area contributed by atoms with Crippen LogP contribution >= 0.6 is 11.6 Å². The third kappa shape index (κ3) is 3.44. The van der Waals surface area contributed by atoms with E-state index in [0.29, 0.717) is 24.5 Å². The van der Waals surface area contributed by atoms with Crippen LogP contribution in [0.1, 0.15) is 24.0 Å². The molecule has 0 bridgehead atoms. The molecule has 0 radical (unpaired) electrons. The smallest absolute Gasteiger partial charge is 0.225 e. The Morgan fingerprint density at radius 1 is 1.17 bits per heavy atom. The number of hydrogen-bond acceptors (Lipinski definition) is 2. The van der Waals surface area contributed by atoms with Gasteiger partial charge in [-0.3, -0.25) is 9.20 Å². The van der Waals surface area contributed by atoms with Gasteiger partial charge in [0.25, 0.3) is 0 Å². The highest BCUT2D eigenvalue weighted by molar-refractivity contribution is 6.18. The molecule has 0 saturated heterocycles. The number of fused-ring (bicyclic) bond motifs is 1. The highest BCUT2D eigenvalue weighted by atomic mass is 35.5. The lowest BCUT2D eigenvalue weighted by atomic mass is 10.1. The number of amides is 1. The van der Waals surface area contributed by atoms with E-state index >= 15 is 0 Å². The normalized spacial score (nSPS) is 11.0. The van der Waals surface area contributed by atoms with E-state index in [1.165, 1.54) is 5.56 Å². The van der Waals surface area contributed by atoms with E-state index in [4.69, 9.17) is 16.6 Å². The molecule has 2 aromatic heterocycles. The summed E-state index contributed by atoms with van der Waals surface area (Å²) in [5.41, 5.74) is 4.89. The van der Waals surface area contributed by atoms with E-state index in [9.17, 15) is 4.79 Å². The maximum Gasteiger partial charge on any atom is 0.225 e. The number of nitrogens with zero attached hydrogens (tertiary/aromatic N) is 2. The summed E-state index contributed by atoms with van der Waals surface area (Å²) in [5.74, 6) is 1.13. The Morgan fingerprint density at radius 3 is 2.62 bits per heavy atom. The van der Waals surface area contributed by atoms with Gasteiger partial charge < -0.3 is 5.32 Å². The summed E-state index contributed by atoms with van der Waals surface area (Å²) < 4.78 is 1.92. The van der Waals surface area contributed by atoms with E-state index in [0.717, 1.165) is 22.5 Å².